The highest BCUT2D eigenvalue weighted by Gasteiger charge is 2.15. The van der Waals surface area contributed by atoms with Crippen molar-refractivity contribution in [2.24, 2.45) is 0 Å². The molecule has 0 aromatic heterocycles. The van der Waals surface area contributed by atoms with Crippen LogP contribution in [0.5, 0.6) is 5.75 Å². The number of hydrogen-bond acceptors (Lipinski definition) is 3. The summed E-state index contributed by atoms with van der Waals surface area (Å²) >= 11 is 0. The normalized spacial score (nSPS) is 12.8. The van der Waals surface area contributed by atoms with Gasteiger partial charge in [0.1, 0.15) is 5.75 Å². The molecule has 0 radical (unpaired) electrons. The van der Waals surface area contributed by atoms with Gasteiger partial charge in [-0.15, -0.1) is 0 Å². The molecule has 0 heterocycles. The zero-order valence-electron chi connectivity index (χ0n) is 13.3. The Morgan fingerprint density at radius 1 is 1.05 bits per heavy atom. The van der Waals surface area contributed by atoms with Crippen molar-refractivity contribution in [2.45, 2.75) is 39.8 Å². The summed E-state index contributed by atoms with van der Waals surface area (Å²) in [5.41, 5.74) is 1.17. The van der Waals surface area contributed by atoms with E-state index in [1.54, 1.807) is 0 Å². The van der Waals surface area contributed by atoms with Gasteiger partial charge in [-0.1, -0.05) is 50.2 Å². The van der Waals surface area contributed by atoms with E-state index < -0.39 is 0 Å². The number of rotatable bonds is 7. The summed E-state index contributed by atoms with van der Waals surface area (Å²) in [6.07, 6.45) is 0. The van der Waals surface area contributed by atoms with Crippen molar-refractivity contribution in [1.82, 2.24) is 5.32 Å². The smallest absolute Gasteiger partial charge is 0.189 e. The predicted octanol–water partition coefficient (Wildman–Crippen LogP) is 4.27. The van der Waals surface area contributed by atoms with Crippen LogP contribution in [0.2, 0.25) is 0 Å². The van der Waals surface area contributed by atoms with Crippen molar-refractivity contribution in [3.63, 3.8) is 0 Å². The molecule has 3 nitrogen and oxygen atoms in total. The third kappa shape index (κ3) is 3.96. The minimum Gasteiger partial charge on any atom is -0.467 e. The third-order valence-electron chi connectivity index (χ3n) is 3.45. The van der Waals surface area contributed by atoms with Gasteiger partial charge in [-0.25, -0.2) is 0 Å². The molecule has 2 rings (SSSR count). The van der Waals surface area contributed by atoms with Gasteiger partial charge in [0.25, 0.3) is 0 Å². The van der Waals surface area contributed by atoms with Crippen LogP contribution in [-0.2, 0) is 4.74 Å². The highest BCUT2D eigenvalue weighted by molar-refractivity contribution is 5.89. The van der Waals surface area contributed by atoms with Crippen LogP contribution in [0.1, 0.15) is 39.3 Å². The van der Waals surface area contributed by atoms with Crippen LogP contribution >= 0.6 is 0 Å². The zero-order chi connectivity index (χ0) is 15.2. The van der Waals surface area contributed by atoms with Gasteiger partial charge in [0.15, 0.2) is 6.79 Å². The van der Waals surface area contributed by atoms with Crippen LogP contribution in [0.15, 0.2) is 36.4 Å². The molecule has 2 aromatic carbocycles. The molecule has 21 heavy (non-hydrogen) atoms. The summed E-state index contributed by atoms with van der Waals surface area (Å²) < 4.78 is 11.3. The van der Waals surface area contributed by atoms with Crippen LogP contribution in [0.3, 0.4) is 0 Å². The lowest BCUT2D eigenvalue weighted by atomic mass is 10.0. The largest absolute Gasteiger partial charge is 0.467 e. The molecule has 1 N–H and O–H groups in total. The van der Waals surface area contributed by atoms with Crippen molar-refractivity contribution < 1.29 is 9.47 Å². The van der Waals surface area contributed by atoms with Gasteiger partial charge in [0.2, 0.25) is 0 Å². The molecule has 1 unspecified atom stereocenters. The van der Waals surface area contributed by atoms with Crippen LogP contribution < -0.4 is 10.1 Å². The van der Waals surface area contributed by atoms with Crippen LogP contribution in [0.25, 0.3) is 10.8 Å². The maximum Gasteiger partial charge on any atom is 0.189 e. The quantitative estimate of drug-likeness (QED) is 0.609. The molecule has 3 heteroatoms. The Kier molecular flexibility index (Phi) is 5.59. The maximum atomic E-state index is 5.93. The Morgan fingerprint density at radius 2 is 1.81 bits per heavy atom. The first-order chi connectivity index (χ1) is 10.1. The van der Waals surface area contributed by atoms with E-state index in [4.69, 9.17) is 9.47 Å². The van der Waals surface area contributed by atoms with E-state index >= 15 is 0 Å². The molecule has 0 amide bonds. The highest BCUT2D eigenvalue weighted by Crippen LogP contribution is 2.33. The van der Waals surface area contributed by atoms with E-state index in [9.17, 15) is 0 Å². The minimum absolute atomic E-state index is 0.228. The summed E-state index contributed by atoms with van der Waals surface area (Å²) in [5.74, 6) is 0.919. The Bertz CT molecular complexity index is 580. The number of benzene rings is 2. The number of fused-ring (bicyclic) bond motifs is 1. The maximum absolute atomic E-state index is 5.93. The minimum atomic E-state index is 0.228. The lowest BCUT2D eigenvalue weighted by Crippen LogP contribution is -2.26. The average Bonchev–Trinajstić information content (AvgIpc) is 2.46. The van der Waals surface area contributed by atoms with Gasteiger partial charge in [-0.05, 0) is 19.2 Å². The molecule has 2 aromatic rings. The summed E-state index contributed by atoms with van der Waals surface area (Å²) in [5, 5.41) is 5.85. The van der Waals surface area contributed by atoms with E-state index in [1.807, 2.05) is 19.1 Å². The molecule has 0 saturated carbocycles. The molecular formula is C18H25NO2. The van der Waals surface area contributed by atoms with Gasteiger partial charge in [0.05, 0.1) is 0 Å². The molecule has 0 bridgehead atoms. The molecule has 0 spiro atoms. The van der Waals surface area contributed by atoms with Gasteiger partial charge in [0, 0.05) is 29.6 Å². The molecule has 0 aliphatic rings. The standard InChI is InChI=1S/C18H25NO2/c1-5-20-12-21-18-16(14(4)19-13(2)3)11-10-15-8-6-7-9-17(15)18/h6-11,13-14,19H,5,12H2,1-4H3. The lowest BCUT2D eigenvalue weighted by Gasteiger charge is -2.21. The van der Waals surface area contributed by atoms with Gasteiger partial charge in [-0.2, -0.15) is 0 Å². The second-order valence-electron chi connectivity index (χ2n) is 5.50. The van der Waals surface area contributed by atoms with Gasteiger partial charge >= 0.3 is 0 Å². The molecule has 0 aliphatic heterocycles. The van der Waals surface area contributed by atoms with Crippen molar-refractivity contribution >= 4 is 10.8 Å². The Morgan fingerprint density at radius 3 is 2.52 bits per heavy atom. The summed E-state index contributed by atoms with van der Waals surface area (Å²) in [7, 11) is 0. The molecule has 1 atom stereocenters. The first-order valence-corrected chi connectivity index (χ1v) is 7.61. The molecule has 0 aliphatic carbocycles. The van der Waals surface area contributed by atoms with Gasteiger partial charge in [-0.3, -0.25) is 0 Å². The van der Waals surface area contributed by atoms with Crippen LogP contribution in [-0.4, -0.2) is 19.4 Å². The number of nitrogens with one attached hydrogen (secondary N) is 1. The number of hydrogen-bond donors (Lipinski definition) is 1. The summed E-state index contributed by atoms with van der Waals surface area (Å²) in [6, 6.07) is 13.2. The molecule has 0 saturated heterocycles. The van der Waals surface area contributed by atoms with Crippen molar-refractivity contribution in [2.75, 3.05) is 13.4 Å². The summed E-state index contributed by atoms with van der Waals surface area (Å²) in [4.78, 5) is 0. The second-order valence-corrected chi connectivity index (χ2v) is 5.50. The third-order valence-corrected chi connectivity index (χ3v) is 3.45. The Hall–Kier alpha value is -1.58. The SMILES string of the molecule is CCOCOc1c(C(C)NC(C)C)ccc2ccccc12. The Balaban J connectivity index is 2.40. The molecule has 0 fully saturated rings. The number of ether oxygens (including phenoxy) is 2. The predicted molar refractivity (Wildman–Crippen MR) is 87.8 cm³/mol. The van der Waals surface area contributed by atoms with Crippen LogP contribution in [0, 0.1) is 0 Å². The summed E-state index contributed by atoms with van der Waals surface area (Å²) in [6.45, 7) is 9.37. The van der Waals surface area contributed by atoms with Crippen molar-refractivity contribution in [3.05, 3.63) is 42.0 Å². The fourth-order valence-electron chi connectivity index (χ4n) is 2.54. The fraction of sp³-hybridized carbons (Fsp3) is 0.444. The van der Waals surface area contributed by atoms with Crippen molar-refractivity contribution in [3.8, 4) is 5.75 Å². The molecular weight excluding hydrogens is 262 g/mol. The van der Waals surface area contributed by atoms with E-state index in [0.717, 1.165) is 11.1 Å². The Labute approximate surface area is 127 Å². The highest BCUT2D eigenvalue weighted by atomic mass is 16.7. The van der Waals surface area contributed by atoms with E-state index in [1.165, 1.54) is 10.9 Å². The van der Waals surface area contributed by atoms with E-state index in [0.29, 0.717) is 12.6 Å². The van der Waals surface area contributed by atoms with Crippen LogP contribution in [0.4, 0.5) is 0 Å². The fourth-order valence-corrected chi connectivity index (χ4v) is 2.54. The monoisotopic (exact) mass is 287 g/mol. The topological polar surface area (TPSA) is 30.5 Å². The first kappa shape index (κ1) is 15.8. The second kappa shape index (κ2) is 7.43. The van der Waals surface area contributed by atoms with E-state index in [-0.39, 0.29) is 12.8 Å². The van der Waals surface area contributed by atoms with Crippen molar-refractivity contribution in [1.29, 1.82) is 0 Å². The first-order valence-electron chi connectivity index (χ1n) is 7.61. The zero-order valence-corrected chi connectivity index (χ0v) is 13.3. The lowest BCUT2D eigenvalue weighted by molar-refractivity contribution is 0.0225. The molecule has 114 valence electrons. The average molecular weight is 287 g/mol. The van der Waals surface area contributed by atoms with E-state index in [2.05, 4.69) is 50.4 Å². The van der Waals surface area contributed by atoms with Gasteiger partial charge < -0.3 is 14.8 Å².